The number of fused-ring (bicyclic) bond motifs is 8. The SMILES string of the molecule is CC1(C)C(/C=C/C=C2/N(CCCS(=O)(=O)O)c3cc(S(=O)(=O)O)cc(C(=O)O)c3C2(C)C)=[N+](CCCS(=O)(=O)O)c2ccc(CNC(=O)c3ccc(CNC(=O)CCCCC[N+]4=C(C=CC=C5N(CCCS(=O)(=O)O)c6ccc7c(S(=O)(=O)O)cc(S(=O)(=O)O)cc7c6C5(C)CCCS(=O)(=O)O)C(C)(C)c5c4ccc4c(S(=O)(=O)O)cc(S(=O)(=O)O)cc54)cc3)cc21. The molecule has 0 saturated heterocycles. The van der Waals surface area contributed by atoms with Gasteiger partial charge in [-0.25, -0.2) is 4.79 Å². The Balaban J connectivity index is 0.809. The minimum Gasteiger partial charge on any atom is -0.478 e. The van der Waals surface area contributed by atoms with Gasteiger partial charge in [0.1, 0.15) is 22.9 Å². The molecule has 7 aromatic carbocycles. The monoisotopic (exact) mass is 1930 g/mol. The molecule has 686 valence electrons. The van der Waals surface area contributed by atoms with Gasteiger partial charge in [-0.2, -0.15) is 84.9 Å². The third-order valence-electron chi connectivity index (χ3n) is 23.1. The van der Waals surface area contributed by atoms with Crippen molar-refractivity contribution >= 4 is 165 Å². The summed E-state index contributed by atoms with van der Waals surface area (Å²) in [6.07, 6.45) is 9.55. The van der Waals surface area contributed by atoms with Gasteiger partial charge in [0.2, 0.25) is 17.3 Å². The van der Waals surface area contributed by atoms with Gasteiger partial charge in [-0.15, -0.1) is 0 Å². The van der Waals surface area contributed by atoms with E-state index in [1.54, 1.807) is 100 Å². The van der Waals surface area contributed by atoms with Crippen molar-refractivity contribution in [3.05, 3.63) is 195 Å². The highest BCUT2D eigenvalue weighted by atomic mass is 32.3. The number of rotatable bonds is 37. The number of carbonyl (C=O) groups excluding carboxylic acids is 2. The Labute approximate surface area is 735 Å². The molecule has 4 aliphatic rings. The van der Waals surface area contributed by atoms with Crippen LogP contribution in [0.25, 0.3) is 21.5 Å². The zero-order valence-corrected chi connectivity index (χ0v) is 76.6. The van der Waals surface area contributed by atoms with Crippen LogP contribution in [-0.2, 0) is 131 Å². The largest absolute Gasteiger partial charge is 0.478 e. The van der Waals surface area contributed by atoms with Crippen molar-refractivity contribution in [2.24, 2.45) is 0 Å². The predicted molar refractivity (Wildman–Crippen MR) is 469 cm³/mol. The molecule has 0 bridgehead atoms. The number of hydrogen-bond acceptors (Lipinski definition) is 23. The number of unbranched alkanes of at least 4 members (excludes halogenated alkanes) is 2. The van der Waals surface area contributed by atoms with E-state index in [9.17, 15) is 136 Å². The average molecular weight is 1940 g/mol. The Morgan fingerprint density at radius 3 is 1.39 bits per heavy atom. The van der Waals surface area contributed by atoms with Crippen molar-refractivity contribution in [2.75, 3.05) is 59.0 Å². The average Bonchev–Trinajstić information content (AvgIpc) is 1.58. The summed E-state index contributed by atoms with van der Waals surface area (Å²) in [5.74, 6) is -5.27. The van der Waals surface area contributed by atoms with Crippen molar-refractivity contribution < 1.29 is 145 Å². The number of allylic oxidation sites excluding steroid dienone is 8. The van der Waals surface area contributed by atoms with E-state index >= 15 is 0 Å². The van der Waals surface area contributed by atoms with E-state index in [2.05, 4.69) is 10.6 Å². The molecule has 0 radical (unpaired) electrons. The summed E-state index contributed by atoms with van der Waals surface area (Å²) in [5, 5.41) is 15.5. The van der Waals surface area contributed by atoms with Gasteiger partial charge < -0.3 is 25.5 Å². The zero-order valence-electron chi connectivity index (χ0n) is 69.2. The molecule has 0 fully saturated rings. The number of hydrogen-bond donors (Lipinski definition) is 12. The maximum absolute atomic E-state index is 13.8. The van der Waals surface area contributed by atoms with E-state index in [1.807, 2.05) is 29.1 Å². The van der Waals surface area contributed by atoms with Gasteiger partial charge in [0.15, 0.2) is 11.4 Å². The standard InChI is InChI=1S/C81H92N6O31S9/c1-78(2)61-41-51(24-29-62(61)84(34-14-38-120(95,96)97)68(78)17-11-18-70-80(5,6)74-60(77(90)91)44-53(123(104,105)106)45-65(74)87(70)36-16-40-122(101,102)103)49-83-76(89)52-25-22-50(23-26-52)48-82-72(88)21-9-8-10-33-85-63-30-27-56-58(42-54(124(107,108)109)46-66(56)126(113,114)115)73(63)79(3,4)69(85)19-12-20-71-81(7,32-13-37-119(92,93)94)75-59-43-55(125(110,111)112)47-67(127(116,117)118)57(59)28-31-64(75)86(71)35-15-39-121(98,99)100/h11-12,17-20,22-31,41-47H,8-10,13-16,21,32-40,48-49H2,1-7H3,(H10-2,82,83,88,89,90,91,92,93,94,95,96,97,98,99,100,101,102,103,104,105,106,107,108,109,110,111,112,113,114,115,116,117,118)/p+2. The summed E-state index contributed by atoms with van der Waals surface area (Å²) >= 11 is 0. The summed E-state index contributed by atoms with van der Waals surface area (Å²) < 4.78 is 320. The summed E-state index contributed by atoms with van der Waals surface area (Å²) in [6, 6.07) is 22.3. The molecule has 2 amide bonds. The first-order chi connectivity index (χ1) is 58.4. The molecule has 12 N–H and O–H groups in total. The van der Waals surface area contributed by atoms with Crippen LogP contribution < -0.4 is 20.4 Å². The third kappa shape index (κ3) is 21.9. The van der Waals surface area contributed by atoms with Crippen LogP contribution in [0.4, 0.5) is 22.7 Å². The van der Waals surface area contributed by atoms with E-state index in [0.29, 0.717) is 76.6 Å². The van der Waals surface area contributed by atoms with Gasteiger partial charge in [-0.1, -0.05) is 50.3 Å². The van der Waals surface area contributed by atoms with Crippen LogP contribution in [0.3, 0.4) is 0 Å². The lowest BCUT2D eigenvalue weighted by molar-refractivity contribution is -0.438. The lowest BCUT2D eigenvalue weighted by Crippen LogP contribution is -2.31. The number of benzene rings is 7. The van der Waals surface area contributed by atoms with Crippen molar-refractivity contribution in [1.82, 2.24) is 10.6 Å². The van der Waals surface area contributed by atoms with Crippen LogP contribution in [0.15, 0.2) is 175 Å². The molecular weight excluding hydrogens is 1840 g/mol. The molecule has 46 heteroatoms. The van der Waals surface area contributed by atoms with Crippen molar-refractivity contribution in [2.45, 2.75) is 165 Å². The topological polar surface area (TPSA) is 597 Å². The van der Waals surface area contributed by atoms with Crippen LogP contribution in [0.2, 0.25) is 0 Å². The van der Waals surface area contributed by atoms with Crippen molar-refractivity contribution in [1.29, 1.82) is 0 Å². The molecule has 7 aromatic rings. The molecule has 0 aliphatic carbocycles. The predicted octanol–water partition coefficient (Wildman–Crippen LogP) is 9.44. The molecule has 37 nitrogen and oxygen atoms in total. The Morgan fingerprint density at radius 2 is 0.866 bits per heavy atom. The van der Waals surface area contributed by atoms with Crippen molar-refractivity contribution in [3.63, 3.8) is 0 Å². The van der Waals surface area contributed by atoms with E-state index in [4.69, 9.17) is 0 Å². The van der Waals surface area contributed by atoms with E-state index < -0.39 is 178 Å². The van der Waals surface area contributed by atoms with Crippen LogP contribution >= 0.6 is 0 Å². The molecule has 11 rings (SSSR count). The Morgan fingerprint density at radius 1 is 0.409 bits per heavy atom. The van der Waals surface area contributed by atoms with E-state index in [0.717, 1.165) is 29.8 Å². The number of aromatic carboxylic acids is 1. The summed E-state index contributed by atoms with van der Waals surface area (Å²) in [7, 11) is -44.1. The molecule has 4 heterocycles. The highest BCUT2D eigenvalue weighted by Crippen LogP contribution is 2.56. The van der Waals surface area contributed by atoms with Crippen LogP contribution in [0.5, 0.6) is 0 Å². The number of carboxylic acids is 1. The fourth-order valence-electron chi connectivity index (χ4n) is 17.5. The molecular formula is C81H94N6O31S9+2. The number of nitrogens with zero attached hydrogens (tertiary/aromatic N) is 4. The second-order valence-corrected chi connectivity index (χ2v) is 46.4. The molecule has 1 atom stereocenters. The fourth-order valence-corrected chi connectivity index (χ4v) is 22.7. The normalized spacial score (nSPS) is 17.9. The van der Waals surface area contributed by atoms with Gasteiger partial charge in [0.25, 0.3) is 97.0 Å². The van der Waals surface area contributed by atoms with Crippen LogP contribution in [0.1, 0.15) is 160 Å². The van der Waals surface area contributed by atoms with Gasteiger partial charge in [-0.3, -0.25) is 50.6 Å². The van der Waals surface area contributed by atoms with Gasteiger partial charge in [-0.05, 0) is 179 Å². The van der Waals surface area contributed by atoms with Crippen LogP contribution in [-0.4, -0.2) is 209 Å². The molecule has 1 unspecified atom stereocenters. The summed E-state index contributed by atoms with van der Waals surface area (Å²) in [4.78, 5) is 38.7. The fraction of sp³-hybridized carbons (Fsp3) is 0.370. The number of anilines is 2. The second kappa shape index (κ2) is 35.8. The first kappa shape index (κ1) is 98.2. The Bertz CT molecular complexity index is 7090. The van der Waals surface area contributed by atoms with Gasteiger partial charge >= 0.3 is 5.97 Å². The summed E-state index contributed by atoms with van der Waals surface area (Å²) in [6.45, 7) is 11.9. The summed E-state index contributed by atoms with van der Waals surface area (Å²) in [5.41, 5.74) is 0.242. The second-order valence-electron chi connectivity index (χ2n) is 33.0. The van der Waals surface area contributed by atoms with E-state index in [1.165, 1.54) is 41.3 Å². The van der Waals surface area contributed by atoms with Gasteiger partial charge in [0.05, 0.1) is 54.1 Å². The first-order valence-electron chi connectivity index (χ1n) is 39.2. The smallest absolute Gasteiger partial charge is 0.336 e. The zero-order chi connectivity index (χ0) is 94.1. The minimum atomic E-state index is -5.29. The van der Waals surface area contributed by atoms with Crippen molar-refractivity contribution in [3.8, 4) is 0 Å². The maximum atomic E-state index is 13.8. The molecule has 127 heavy (non-hydrogen) atoms. The molecule has 0 saturated carbocycles. The maximum Gasteiger partial charge on any atom is 0.336 e. The number of carboxylic acid groups (broad SMARTS) is 1. The van der Waals surface area contributed by atoms with E-state index in [-0.39, 0.29) is 139 Å². The highest BCUT2D eigenvalue weighted by molar-refractivity contribution is 7.88. The minimum absolute atomic E-state index is 0.0212. The molecule has 0 aromatic heterocycles. The quantitative estimate of drug-likeness (QED) is 0.00979. The third-order valence-corrected chi connectivity index (χ3v) is 30.6. The molecule has 4 aliphatic heterocycles. The van der Waals surface area contributed by atoms with Gasteiger partial charge in [0, 0.05) is 136 Å². The first-order valence-corrected chi connectivity index (χ1v) is 52.8. The van der Waals surface area contributed by atoms with Crippen LogP contribution in [0, 0.1) is 0 Å². The number of carbonyl (C=O) groups is 3. The number of amides is 2. The lowest BCUT2D eigenvalue weighted by atomic mass is 9.75. The Hall–Kier alpha value is -9.44. The Kier molecular flexibility index (Phi) is 27.7. The number of nitrogens with one attached hydrogen (secondary N) is 2. The highest BCUT2D eigenvalue weighted by Gasteiger charge is 2.50. The lowest BCUT2D eigenvalue weighted by Gasteiger charge is -2.31. The molecule has 0 spiro atoms.